The van der Waals surface area contributed by atoms with Crippen molar-refractivity contribution >= 4 is 52.1 Å². The lowest BCUT2D eigenvalue weighted by Gasteiger charge is -2.04. The van der Waals surface area contributed by atoms with Crippen LogP contribution in [0.2, 0.25) is 10.0 Å². The Hall–Kier alpha value is -1.33. The van der Waals surface area contributed by atoms with Crippen LogP contribution in [0, 0.1) is 6.92 Å². The van der Waals surface area contributed by atoms with Gasteiger partial charge in [0.25, 0.3) is 0 Å². The van der Waals surface area contributed by atoms with Crippen LogP contribution in [0.25, 0.3) is 10.6 Å². The molecule has 0 amide bonds. The minimum absolute atomic E-state index is 0.0493. The molecule has 1 heterocycles. The molecule has 0 saturated carbocycles. The number of benzene rings is 2. The fourth-order valence-electron chi connectivity index (χ4n) is 2.16. The summed E-state index contributed by atoms with van der Waals surface area (Å²) in [4.78, 5) is 18.6. The molecule has 0 aliphatic carbocycles. The molecule has 3 rings (SSSR count). The second-order valence-corrected chi connectivity index (χ2v) is 7.86. The molecule has 0 spiro atoms. The monoisotopic (exact) mass is 393 g/mol. The predicted octanol–water partition coefficient (Wildman–Crippen LogP) is 6.40. The number of hydrogen-bond donors (Lipinski definition) is 0. The number of carbonyl (C=O) groups is 1. The molecule has 0 atom stereocenters. The van der Waals surface area contributed by atoms with Gasteiger partial charge in [-0.25, -0.2) is 4.98 Å². The van der Waals surface area contributed by atoms with Gasteiger partial charge in [-0.3, -0.25) is 4.79 Å². The first-order valence-electron chi connectivity index (χ1n) is 7.19. The number of ketones is 1. The third-order valence-corrected chi connectivity index (χ3v) is 6.58. The normalized spacial score (nSPS) is 10.8. The minimum Gasteiger partial charge on any atom is -0.292 e. The highest BCUT2D eigenvalue weighted by molar-refractivity contribution is 8.00. The first-order valence-corrected chi connectivity index (χ1v) is 9.75. The van der Waals surface area contributed by atoms with Crippen LogP contribution >= 0.6 is 46.3 Å². The van der Waals surface area contributed by atoms with Crippen LogP contribution in [0.3, 0.4) is 0 Å². The summed E-state index contributed by atoms with van der Waals surface area (Å²) in [6, 6.07) is 15.3. The second kappa shape index (κ2) is 7.70. The smallest absolute Gasteiger partial charge is 0.184 e. The van der Waals surface area contributed by atoms with E-state index < -0.39 is 0 Å². The van der Waals surface area contributed by atoms with E-state index in [2.05, 4.69) is 4.98 Å². The summed E-state index contributed by atoms with van der Waals surface area (Å²) < 4.78 is 0. The molecular formula is C18H13Cl2NOS2. The van der Waals surface area contributed by atoms with E-state index in [0.717, 1.165) is 21.2 Å². The first-order chi connectivity index (χ1) is 11.6. The molecule has 0 aliphatic rings. The lowest BCUT2D eigenvalue weighted by molar-refractivity contribution is 0.102. The number of aromatic nitrogens is 1. The highest BCUT2D eigenvalue weighted by Crippen LogP contribution is 2.34. The Morgan fingerprint density at radius 3 is 2.62 bits per heavy atom. The topological polar surface area (TPSA) is 30.0 Å². The Morgan fingerprint density at radius 2 is 1.88 bits per heavy atom. The van der Waals surface area contributed by atoms with E-state index in [1.165, 1.54) is 23.1 Å². The molecular weight excluding hydrogens is 381 g/mol. The molecule has 2 nitrogen and oxygen atoms in total. The van der Waals surface area contributed by atoms with Crippen molar-refractivity contribution in [3.8, 4) is 10.6 Å². The summed E-state index contributed by atoms with van der Waals surface area (Å²) >= 11 is 15.0. The lowest BCUT2D eigenvalue weighted by Crippen LogP contribution is -2.01. The second-order valence-electron chi connectivity index (χ2n) is 5.06. The molecule has 0 saturated heterocycles. The van der Waals surface area contributed by atoms with Gasteiger partial charge in [0, 0.05) is 10.5 Å². The van der Waals surface area contributed by atoms with Gasteiger partial charge in [-0.1, -0.05) is 59.6 Å². The standard InChI is InChI=1S/C18H13Cl2NOS2/c1-11-17(24-18(21-11)12-6-3-2-4-7-12)14(22)10-23-15-9-5-8-13(19)16(15)20/h2-9H,10H2,1H3. The quantitative estimate of drug-likeness (QED) is 0.370. The van der Waals surface area contributed by atoms with Gasteiger partial charge in [0.15, 0.2) is 5.78 Å². The molecule has 0 radical (unpaired) electrons. The number of rotatable bonds is 5. The van der Waals surface area contributed by atoms with E-state index in [1.54, 1.807) is 6.07 Å². The fraction of sp³-hybridized carbons (Fsp3) is 0.111. The maximum absolute atomic E-state index is 12.6. The predicted molar refractivity (Wildman–Crippen MR) is 104 cm³/mol. The molecule has 24 heavy (non-hydrogen) atoms. The average Bonchev–Trinajstić information content (AvgIpc) is 2.99. The van der Waals surface area contributed by atoms with Crippen molar-refractivity contribution in [1.29, 1.82) is 0 Å². The Balaban J connectivity index is 1.76. The molecule has 0 fully saturated rings. The first kappa shape index (κ1) is 17.5. The summed E-state index contributed by atoms with van der Waals surface area (Å²) in [5.41, 5.74) is 1.79. The van der Waals surface area contributed by atoms with Gasteiger partial charge in [-0.2, -0.15) is 0 Å². The Morgan fingerprint density at radius 1 is 1.12 bits per heavy atom. The van der Waals surface area contributed by atoms with Crippen molar-refractivity contribution in [2.75, 3.05) is 5.75 Å². The fourth-order valence-corrected chi connectivity index (χ4v) is 4.63. The van der Waals surface area contributed by atoms with E-state index in [9.17, 15) is 4.79 Å². The van der Waals surface area contributed by atoms with E-state index in [1.807, 2.05) is 49.4 Å². The molecule has 1 aromatic heterocycles. The van der Waals surface area contributed by atoms with E-state index in [0.29, 0.717) is 20.7 Å². The van der Waals surface area contributed by atoms with Gasteiger partial charge in [-0.15, -0.1) is 23.1 Å². The highest BCUT2D eigenvalue weighted by Gasteiger charge is 2.17. The number of carbonyl (C=O) groups excluding carboxylic acids is 1. The molecule has 122 valence electrons. The molecule has 0 bridgehead atoms. The van der Waals surface area contributed by atoms with Crippen molar-refractivity contribution < 1.29 is 4.79 Å². The zero-order chi connectivity index (χ0) is 17.1. The average molecular weight is 394 g/mol. The van der Waals surface area contributed by atoms with Gasteiger partial charge in [-0.05, 0) is 19.1 Å². The molecule has 2 aromatic carbocycles. The van der Waals surface area contributed by atoms with Crippen LogP contribution in [-0.2, 0) is 0 Å². The highest BCUT2D eigenvalue weighted by atomic mass is 35.5. The van der Waals surface area contributed by atoms with Gasteiger partial charge < -0.3 is 0 Å². The van der Waals surface area contributed by atoms with Crippen LogP contribution in [0.4, 0.5) is 0 Å². The number of halogens is 2. The number of thioether (sulfide) groups is 1. The number of thiazole rings is 1. The van der Waals surface area contributed by atoms with Crippen molar-refractivity contribution in [2.24, 2.45) is 0 Å². The van der Waals surface area contributed by atoms with Crippen LogP contribution in [-0.4, -0.2) is 16.5 Å². The van der Waals surface area contributed by atoms with Crippen LogP contribution < -0.4 is 0 Å². The van der Waals surface area contributed by atoms with Crippen LogP contribution in [0.1, 0.15) is 15.4 Å². The molecule has 0 aliphatic heterocycles. The Labute approximate surface area is 158 Å². The van der Waals surface area contributed by atoms with E-state index in [4.69, 9.17) is 23.2 Å². The summed E-state index contributed by atoms with van der Waals surface area (Å²) in [7, 11) is 0. The third kappa shape index (κ3) is 3.83. The summed E-state index contributed by atoms with van der Waals surface area (Å²) in [6.45, 7) is 1.87. The molecule has 3 aromatic rings. The van der Waals surface area contributed by atoms with Gasteiger partial charge in [0.1, 0.15) is 5.01 Å². The van der Waals surface area contributed by atoms with E-state index >= 15 is 0 Å². The maximum Gasteiger partial charge on any atom is 0.184 e. The van der Waals surface area contributed by atoms with Gasteiger partial charge in [0.05, 0.1) is 26.4 Å². The van der Waals surface area contributed by atoms with Crippen molar-refractivity contribution in [3.05, 3.63) is 69.1 Å². The molecule has 0 N–H and O–H groups in total. The SMILES string of the molecule is Cc1nc(-c2ccccc2)sc1C(=O)CSc1cccc(Cl)c1Cl. The Bertz CT molecular complexity index is 878. The number of hydrogen-bond acceptors (Lipinski definition) is 4. The minimum atomic E-state index is 0.0493. The Kier molecular flexibility index (Phi) is 5.61. The summed E-state index contributed by atoms with van der Waals surface area (Å²) in [5, 5.41) is 1.85. The zero-order valence-electron chi connectivity index (χ0n) is 12.8. The van der Waals surface area contributed by atoms with Crippen molar-refractivity contribution in [1.82, 2.24) is 4.98 Å². The van der Waals surface area contributed by atoms with Gasteiger partial charge in [0.2, 0.25) is 0 Å². The number of nitrogens with zero attached hydrogens (tertiary/aromatic N) is 1. The van der Waals surface area contributed by atoms with Crippen LogP contribution in [0.15, 0.2) is 53.4 Å². The van der Waals surface area contributed by atoms with Crippen molar-refractivity contribution in [2.45, 2.75) is 11.8 Å². The summed E-state index contributed by atoms with van der Waals surface area (Å²) in [6.07, 6.45) is 0. The maximum atomic E-state index is 12.6. The van der Waals surface area contributed by atoms with Crippen LogP contribution in [0.5, 0.6) is 0 Å². The lowest BCUT2D eigenvalue weighted by atomic mass is 10.2. The number of Topliss-reactive ketones (excluding diaryl/α,β-unsaturated/α-hetero) is 1. The van der Waals surface area contributed by atoms with E-state index in [-0.39, 0.29) is 5.78 Å². The largest absolute Gasteiger partial charge is 0.292 e. The zero-order valence-corrected chi connectivity index (χ0v) is 15.9. The van der Waals surface area contributed by atoms with Gasteiger partial charge >= 0.3 is 0 Å². The third-order valence-electron chi connectivity index (χ3n) is 3.35. The number of aryl methyl sites for hydroxylation is 1. The van der Waals surface area contributed by atoms with Crippen molar-refractivity contribution in [3.63, 3.8) is 0 Å². The summed E-state index contributed by atoms with van der Waals surface area (Å²) in [5.74, 6) is 0.352. The molecule has 0 unspecified atom stereocenters. The molecule has 6 heteroatoms.